The summed E-state index contributed by atoms with van der Waals surface area (Å²) in [6.07, 6.45) is -1.42. The molecule has 0 fully saturated rings. The fraction of sp³-hybridized carbons (Fsp3) is 0.500. The SMILES string of the molecule is COc1cc(I)c(CN(C/C=C\C[Si](C)(C)C)C(=O)C(F)(F)F)cc1OC. The molecule has 0 unspecified atom stereocenters. The maximum atomic E-state index is 13.0. The number of hydrogen-bond acceptors (Lipinski definition) is 3. The van der Waals surface area contributed by atoms with Crippen molar-refractivity contribution in [3.05, 3.63) is 33.4 Å². The number of carbonyl (C=O) groups excluding carboxylic acids is 1. The van der Waals surface area contributed by atoms with Crippen molar-refractivity contribution >= 4 is 36.6 Å². The lowest BCUT2D eigenvalue weighted by Crippen LogP contribution is -2.41. The molecule has 1 aromatic carbocycles. The molecule has 1 rings (SSSR count). The third-order valence-corrected chi connectivity index (χ3v) is 6.13. The molecule has 0 N–H and O–H groups in total. The number of benzene rings is 1. The van der Waals surface area contributed by atoms with Crippen LogP contribution in [-0.2, 0) is 11.3 Å². The molecule has 0 saturated carbocycles. The monoisotopic (exact) mass is 515 g/mol. The highest BCUT2D eigenvalue weighted by molar-refractivity contribution is 14.1. The Morgan fingerprint density at radius 1 is 1.15 bits per heavy atom. The number of carbonyl (C=O) groups is 1. The van der Waals surface area contributed by atoms with Gasteiger partial charge in [-0.25, -0.2) is 0 Å². The summed E-state index contributed by atoms with van der Waals surface area (Å²) in [5.74, 6) is -0.971. The minimum atomic E-state index is -4.92. The molecule has 1 aromatic rings. The predicted octanol–water partition coefficient (Wildman–Crippen LogP) is 5.09. The molecule has 4 nitrogen and oxygen atoms in total. The van der Waals surface area contributed by atoms with E-state index in [0.29, 0.717) is 20.6 Å². The van der Waals surface area contributed by atoms with E-state index in [2.05, 4.69) is 19.6 Å². The van der Waals surface area contributed by atoms with Crippen molar-refractivity contribution in [1.82, 2.24) is 4.90 Å². The van der Waals surface area contributed by atoms with E-state index in [0.717, 1.165) is 10.9 Å². The van der Waals surface area contributed by atoms with Gasteiger partial charge in [-0.3, -0.25) is 4.79 Å². The number of nitrogens with zero attached hydrogens (tertiary/aromatic N) is 1. The van der Waals surface area contributed by atoms with E-state index in [4.69, 9.17) is 9.47 Å². The van der Waals surface area contributed by atoms with E-state index in [1.807, 2.05) is 28.7 Å². The summed E-state index contributed by atoms with van der Waals surface area (Å²) in [7, 11) is 1.59. The van der Waals surface area contributed by atoms with Crippen molar-refractivity contribution in [1.29, 1.82) is 0 Å². The number of rotatable bonds is 8. The van der Waals surface area contributed by atoms with Crippen molar-refractivity contribution in [3.8, 4) is 11.5 Å². The Morgan fingerprint density at radius 2 is 1.70 bits per heavy atom. The maximum Gasteiger partial charge on any atom is 0.471 e. The van der Waals surface area contributed by atoms with Gasteiger partial charge < -0.3 is 14.4 Å². The third-order valence-electron chi connectivity index (χ3n) is 3.67. The summed E-state index contributed by atoms with van der Waals surface area (Å²) in [6.45, 7) is 6.23. The van der Waals surface area contributed by atoms with Gasteiger partial charge >= 0.3 is 12.1 Å². The van der Waals surface area contributed by atoms with Crippen molar-refractivity contribution in [2.24, 2.45) is 0 Å². The lowest BCUT2D eigenvalue weighted by Gasteiger charge is -2.24. The van der Waals surface area contributed by atoms with Crippen molar-refractivity contribution in [3.63, 3.8) is 0 Å². The van der Waals surface area contributed by atoms with Gasteiger partial charge in [0.15, 0.2) is 11.5 Å². The van der Waals surface area contributed by atoms with Crippen molar-refractivity contribution in [2.45, 2.75) is 38.4 Å². The predicted molar refractivity (Wildman–Crippen MR) is 111 cm³/mol. The van der Waals surface area contributed by atoms with E-state index >= 15 is 0 Å². The third kappa shape index (κ3) is 7.72. The van der Waals surface area contributed by atoms with E-state index < -0.39 is 20.2 Å². The molecule has 152 valence electrons. The van der Waals surface area contributed by atoms with Crippen LogP contribution in [-0.4, -0.2) is 45.8 Å². The zero-order valence-corrected chi connectivity index (χ0v) is 19.3. The molecule has 9 heteroatoms. The second-order valence-corrected chi connectivity index (χ2v) is 13.9. The van der Waals surface area contributed by atoms with Crippen LogP contribution in [0, 0.1) is 3.57 Å². The van der Waals surface area contributed by atoms with Gasteiger partial charge in [-0.2, -0.15) is 13.2 Å². The lowest BCUT2D eigenvalue weighted by molar-refractivity contribution is -0.185. The van der Waals surface area contributed by atoms with Gasteiger partial charge in [-0.1, -0.05) is 31.8 Å². The highest BCUT2D eigenvalue weighted by Gasteiger charge is 2.42. The molecule has 27 heavy (non-hydrogen) atoms. The minimum absolute atomic E-state index is 0.104. The highest BCUT2D eigenvalue weighted by atomic mass is 127. The first-order valence-electron chi connectivity index (χ1n) is 8.30. The molecular formula is C18H25F3INO3Si. The molecule has 0 saturated heterocycles. The molecule has 0 bridgehead atoms. The Morgan fingerprint density at radius 3 is 2.19 bits per heavy atom. The van der Waals surface area contributed by atoms with Gasteiger partial charge in [0.2, 0.25) is 0 Å². The molecule has 0 spiro atoms. The van der Waals surface area contributed by atoms with Crippen LogP contribution >= 0.6 is 22.6 Å². The summed E-state index contributed by atoms with van der Waals surface area (Å²) in [5.41, 5.74) is 0.560. The number of halogens is 4. The maximum absolute atomic E-state index is 13.0. The number of alkyl halides is 3. The van der Waals surface area contributed by atoms with Crippen LogP contribution in [0.2, 0.25) is 25.7 Å². The number of methoxy groups -OCH3 is 2. The Balaban J connectivity index is 3.09. The van der Waals surface area contributed by atoms with E-state index in [-0.39, 0.29) is 13.1 Å². The van der Waals surface area contributed by atoms with Crippen LogP contribution in [0.5, 0.6) is 11.5 Å². The molecule has 1 amide bonds. The van der Waals surface area contributed by atoms with Crippen molar-refractivity contribution in [2.75, 3.05) is 20.8 Å². The van der Waals surface area contributed by atoms with Gasteiger partial charge in [-0.05, 0) is 46.3 Å². The number of amides is 1. The van der Waals surface area contributed by atoms with E-state index in [9.17, 15) is 18.0 Å². The van der Waals surface area contributed by atoms with Gasteiger partial charge in [0.05, 0.1) is 14.2 Å². The van der Waals surface area contributed by atoms with Gasteiger partial charge in [0.25, 0.3) is 0 Å². The average Bonchev–Trinajstić information content (AvgIpc) is 2.56. The summed E-state index contributed by atoms with van der Waals surface area (Å²) < 4.78 is 50.1. The molecular weight excluding hydrogens is 490 g/mol. The van der Waals surface area contributed by atoms with Crippen molar-refractivity contribution < 1.29 is 27.4 Å². The highest BCUT2D eigenvalue weighted by Crippen LogP contribution is 2.32. The minimum Gasteiger partial charge on any atom is -0.493 e. The summed E-state index contributed by atoms with van der Waals surface area (Å²) in [4.78, 5) is 12.7. The Hall–Kier alpha value is -1.23. The van der Waals surface area contributed by atoms with Gasteiger partial charge in [-0.15, -0.1) is 0 Å². The molecule has 0 aromatic heterocycles. The zero-order chi connectivity index (χ0) is 20.8. The fourth-order valence-corrected chi connectivity index (χ4v) is 3.74. The van der Waals surface area contributed by atoms with Crippen LogP contribution in [0.4, 0.5) is 13.2 Å². The Bertz CT molecular complexity index is 688. The Kier molecular flexibility index (Phi) is 8.65. The zero-order valence-electron chi connectivity index (χ0n) is 16.1. The lowest BCUT2D eigenvalue weighted by atomic mass is 10.2. The number of ether oxygens (including phenoxy) is 2. The Labute approximate surface area is 172 Å². The number of hydrogen-bond donors (Lipinski definition) is 0. The summed E-state index contributed by atoms with van der Waals surface area (Å²) in [6, 6.07) is 4.12. The van der Waals surface area contributed by atoms with E-state index in [1.165, 1.54) is 14.2 Å². The first-order chi connectivity index (χ1) is 12.4. The molecule has 0 aliphatic heterocycles. The van der Waals surface area contributed by atoms with Crippen LogP contribution in [0.15, 0.2) is 24.3 Å². The van der Waals surface area contributed by atoms with E-state index in [1.54, 1.807) is 18.2 Å². The van der Waals surface area contributed by atoms with Gasteiger partial charge in [0.1, 0.15) is 0 Å². The molecule has 0 heterocycles. The fourth-order valence-electron chi connectivity index (χ4n) is 2.26. The van der Waals surface area contributed by atoms with Crippen LogP contribution < -0.4 is 9.47 Å². The molecule has 0 radical (unpaired) electrons. The second-order valence-electron chi connectivity index (χ2n) is 7.22. The molecule has 0 aliphatic carbocycles. The molecule has 0 aliphatic rings. The quantitative estimate of drug-likeness (QED) is 0.275. The van der Waals surface area contributed by atoms with Crippen LogP contribution in [0.25, 0.3) is 0 Å². The van der Waals surface area contributed by atoms with Crippen LogP contribution in [0.1, 0.15) is 5.56 Å². The first kappa shape index (κ1) is 23.8. The van der Waals surface area contributed by atoms with Crippen LogP contribution in [0.3, 0.4) is 0 Å². The number of allylic oxidation sites excluding steroid dienone is 1. The standard InChI is InChI=1S/C18H25F3INO3Si/c1-25-15-10-13(14(22)11-16(15)26-2)12-23(17(24)18(19,20)21)8-6-7-9-27(3,4)5/h6-7,10-11H,8-9,12H2,1-5H3/b7-6-. The normalized spacial score (nSPS) is 12.3. The average molecular weight is 515 g/mol. The molecule has 0 atom stereocenters. The van der Waals surface area contributed by atoms with Gasteiger partial charge in [0, 0.05) is 24.7 Å². The largest absolute Gasteiger partial charge is 0.493 e. The topological polar surface area (TPSA) is 38.8 Å². The summed E-state index contributed by atoms with van der Waals surface area (Å²) in [5, 5.41) is 0. The second kappa shape index (κ2) is 9.81. The summed E-state index contributed by atoms with van der Waals surface area (Å²) >= 11 is 2.01. The smallest absolute Gasteiger partial charge is 0.471 e. The first-order valence-corrected chi connectivity index (χ1v) is 13.1.